The molecular formula is C15H22Br2N2O2. The summed E-state index contributed by atoms with van der Waals surface area (Å²) in [5.41, 5.74) is 1.08. The Morgan fingerprint density at radius 1 is 1.29 bits per heavy atom. The summed E-state index contributed by atoms with van der Waals surface area (Å²) in [6, 6.07) is 3.80. The summed E-state index contributed by atoms with van der Waals surface area (Å²) >= 11 is 6.97. The van der Waals surface area contributed by atoms with Gasteiger partial charge in [0.15, 0.2) is 0 Å². The van der Waals surface area contributed by atoms with Crippen molar-refractivity contribution in [2.45, 2.75) is 32.9 Å². The number of ether oxygens (including phenoxy) is 1. The Morgan fingerprint density at radius 2 is 1.86 bits per heavy atom. The largest absolute Gasteiger partial charge is 0.494 e. The molecule has 1 amide bonds. The number of likely N-dealkylation sites (N-methyl/N-ethyl adjacent to an activating group) is 1. The van der Waals surface area contributed by atoms with Crippen molar-refractivity contribution < 1.29 is 9.53 Å². The van der Waals surface area contributed by atoms with Crippen molar-refractivity contribution in [1.29, 1.82) is 0 Å². The molecule has 6 heteroatoms. The molecule has 118 valence electrons. The quantitative estimate of drug-likeness (QED) is 0.708. The lowest BCUT2D eigenvalue weighted by Gasteiger charge is -2.19. The third-order valence-electron chi connectivity index (χ3n) is 3.08. The van der Waals surface area contributed by atoms with Crippen molar-refractivity contribution in [3.63, 3.8) is 0 Å². The third-order valence-corrected chi connectivity index (χ3v) is 4.26. The van der Waals surface area contributed by atoms with Crippen molar-refractivity contribution in [3.8, 4) is 5.75 Å². The lowest BCUT2D eigenvalue weighted by Crippen LogP contribution is -2.43. The van der Waals surface area contributed by atoms with Gasteiger partial charge in [-0.2, -0.15) is 0 Å². The number of carbonyl (C=O) groups is 1. The second-order valence-corrected chi connectivity index (χ2v) is 6.98. The lowest BCUT2D eigenvalue weighted by molar-refractivity contribution is -0.123. The molecule has 0 saturated heterocycles. The molecule has 2 N–H and O–H groups in total. The van der Waals surface area contributed by atoms with Crippen LogP contribution in [-0.2, 0) is 11.3 Å². The molecule has 0 aliphatic rings. The van der Waals surface area contributed by atoms with Crippen molar-refractivity contribution in [2.24, 2.45) is 5.92 Å². The van der Waals surface area contributed by atoms with Crippen LogP contribution in [0.4, 0.5) is 0 Å². The molecule has 21 heavy (non-hydrogen) atoms. The summed E-state index contributed by atoms with van der Waals surface area (Å²) < 4.78 is 7.06. The first-order chi connectivity index (χ1) is 9.88. The molecule has 0 saturated carbocycles. The summed E-state index contributed by atoms with van der Waals surface area (Å²) in [4.78, 5) is 11.9. The average molecular weight is 422 g/mol. The van der Waals surface area contributed by atoms with Crippen LogP contribution in [0, 0.1) is 5.92 Å². The summed E-state index contributed by atoms with van der Waals surface area (Å²) in [6.07, 6.45) is 0.804. The Kier molecular flexibility index (Phi) is 7.70. The van der Waals surface area contributed by atoms with Crippen molar-refractivity contribution in [2.75, 3.05) is 14.2 Å². The zero-order valence-corrected chi connectivity index (χ0v) is 16.0. The van der Waals surface area contributed by atoms with Crippen LogP contribution in [-0.4, -0.2) is 26.1 Å². The number of amides is 1. The van der Waals surface area contributed by atoms with Gasteiger partial charge in [-0.05, 0) is 61.9 Å². The Hall–Kier alpha value is -0.590. The van der Waals surface area contributed by atoms with E-state index >= 15 is 0 Å². The molecule has 1 unspecified atom stereocenters. The Labute approximate surface area is 143 Å². The van der Waals surface area contributed by atoms with Gasteiger partial charge >= 0.3 is 0 Å². The highest BCUT2D eigenvalue weighted by Crippen LogP contribution is 2.34. The minimum Gasteiger partial charge on any atom is -0.494 e. The van der Waals surface area contributed by atoms with Gasteiger partial charge in [0.2, 0.25) is 5.91 Å². The number of nitrogens with one attached hydrogen (secondary N) is 2. The molecule has 0 bridgehead atoms. The maximum absolute atomic E-state index is 11.9. The molecule has 0 aliphatic carbocycles. The standard InChI is InChI=1S/C15H22Br2N2O2/c1-9(2)5-13(15(20)18-3)19-8-10-6-11(16)14(21-4)12(17)7-10/h6-7,9,13,19H,5,8H2,1-4H3,(H,18,20). The Morgan fingerprint density at radius 3 is 2.29 bits per heavy atom. The van der Waals surface area contributed by atoms with E-state index in [1.165, 1.54) is 0 Å². The molecule has 1 rings (SSSR count). The average Bonchev–Trinajstić information content (AvgIpc) is 2.42. The van der Waals surface area contributed by atoms with E-state index in [1.54, 1.807) is 14.2 Å². The molecule has 1 atom stereocenters. The highest BCUT2D eigenvalue weighted by Gasteiger charge is 2.18. The number of methoxy groups -OCH3 is 1. The van der Waals surface area contributed by atoms with Crippen LogP contribution in [0.2, 0.25) is 0 Å². The summed E-state index contributed by atoms with van der Waals surface area (Å²) in [5.74, 6) is 1.24. The van der Waals surface area contributed by atoms with E-state index in [9.17, 15) is 4.79 Å². The highest BCUT2D eigenvalue weighted by molar-refractivity contribution is 9.11. The first-order valence-electron chi connectivity index (χ1n) is 6.85. The van der Waals surface area contributed by atoms with Gasteiger partial charge in [0.1, 0.15) is 5.75 Å². The van der Waals surface area contributed by atoms with Gasteiger partial charge in [0, 0.05) is 13.6 Å². The predicted molar refractivity (Wildman–Crippen MR) is 92.5 cm³/mol. The lowest BCUT2D eigenvalue weighted by atomic mass is 10.0. The second-order valence-electron chi connectivity index (χ2n) is 5.27. The van der Waals surface area contributed by atoms with E-state index in [-0.39, 0.29) is 11.9 Å². The van der Waals surface area contributed by atoms with Gasteiger partial charge in [-0.25, -0.2) is 0 Å². The fourth-order valence-corrected chi connectivity index (χ4v) is 3.68. The first-order valence-corrected chi connectivity index (χ1v) is 8.44. The fraction of sp³-hybridized carbons (Fsp3) is 0.533. The van der Waals surface area contributed by atoms with E-state index in [1.807, 2.05) is 12.1 Å². The molecular weight excluding hydrogens is 400 g/mol. The number of hydrogen-bond acceptors (Lipinski definition) is 3. The van der Waals surface area contributed by atoms with E-state index in [0.717, 1.165) is 26.7 Å². The number of benzene rings is 1. The maximum atomic E-state index is 11.9. The van der Waals surface area contributed by atoms with Crippen molar-refractivity contribution in [3.05, 3.63) is 26.6 Å². The molecule has 0 aliphatic heterocycles. The van der Waals surface area contributed by atoms with Gasteiger partial charge in [-0.1, -0.05) is 13.8 Å². The van der Waals surface area contributed by atoms with E-state index in [4.69, 9.17) is 4.74 Å². The van der Waals surface area contributed by atoms with Crippen LogP contribution in [0.15, 0.2) is 21.1 Å². The second kappa shape index (κ2) is 8.76. The minimum atomic E-state index is -0.186. The van der Waals surface area contributed by atoms with Crippen molar-refractivity contribution >= 4 is 37.8 Å². The molecule has 1 aromatic carbocycles. The SMILES string of the molecule is CNC(=O)C(CC(C)C)NCc1cc(Br)c(OC)c(Br)c1. The number of carbonyl (C=O) groups excluding carboxylic acids is 1. The van der Waals surface area contributed by atoms with Gasteiger partial charge < -0.3 is 15.4 Å². The number of halogens is 2. The monoisotopic (exact) mass is 420 g/mol. The summed E-state index contributed by atoms with van der Waals surface area (Å²) in [7, 11) is 3.30. The molecule has 0 aromatic heterocycles. The smallest absolute Gasteiger partial charge is 0.236 e. The van der Waals surface area contributed by atoms with Gasteiger partial charge in [-0.3, -0.25) is 4.79 Å². The Bertz CT molecular complexity index is 470. The molecule has 4 nitrogen and oxygen atoms in total. The fourth-order valence-electron chi connectivity index (χ4n) is 2.08. The maximum Gasteiger partial charge on any atom is 0.236 e. The molecule has 0 fully saturated rings. The highest BCUT2D eigenvalue weighted by atomic mass is 79.9. The normalized spacial score (nSPS) is 12.3. The Balaban J connectivity index is 2.78. The van der Waals surface area contributed by atoms with Crippen LogP contribution in [0.3, 0.4) is 0 Å². The third kappa shape index (κ3) is 5.60. The minimum absolute atomic E-state index is 0.0235. The predicted octanol–water partition coefficient (Wildman–Crippen LogP) is 3.47. The van der Waals surface area contributed by atoms with Crippen LogP contribution < -0.4 is 15.4 Å². The van der Waals surface area contributed by atoms with Crippen LogP contribution >= 0.6 is 31.9 Å². The van der Waals surface area contributed by atoms with Gasteiger partial charge in [0.25, 0.3) is 0 Å². The summed E-state index contributed by atoms with van der Waals surface area (Å²) in [6.45, 7) is 4.84. The van der Waals surface area contributed by atoms with Gasteiger partial charge in [-0.15, -0.1) is 0 Å². The number of hydrogen-bond donors (Lipinski definition) is 2. The van der Waals surface area contributed by atoms with Gasteiger partial charge in [0.05, 0.1) is 22.1 Å². The number of rotatable bonds is 7. The van der Waals surface area contributed by atoms with Crippen LogP contribution in [0.5, 0.6) is 5.75 Å². The van der Waals surface area contributed by atoms with E-state index in [2.05, 4.69) is 56.3 Å². The van der Waals surface area contributed by atoms with E-state index < -0.39 is 0 Å². The molecule has 0 heterocycles. The summed E-state index contributed by atoms with van der Waals surface area (Å²) in [5, 5.41) is 6.02. The first kappa shape index (κ1) is 18.5. The van der Waals surface area contributed by atoms with Crippen LogP contribution in [0.25, 0.3) is 0 Å². The molecule has 0 radical (unpaired) electrons. The zero-order chi connectivity index (χ0) is 16.0. The topological polar surface area (TPSA) is 50.4 Å². The van der Waals surface area contributed by atoms with Crippen molar-refractivity contribution in [1.82, 2.24) is 10.6 Å². The van der Waals surface area contributed by atoms with Crippen LogP contribution in [0.1, 0.15) is 25.8 Å². The molecule has 1 aromatic rings. The van der Waals surface area contributed by atoms with E-state index in [0.29, 0.717) is 12.5 Å². The zero-order valence-electron chi connectivity index (χ0n) is 12.8. The molecule has 0 spiro atoms.